The predicted molar refractivity (Wildman–Crippen MR) is 136 cm³/mol. The van der Waals surface area contributed by atoms with E-state index in [0.29, 0.717) is 43.0 Å². The largest absolute Gasteiger partial charge is 0.464 e. The molecule has 0 aliphatic rings. The first-order chi connectivity index (χ1) is 15.1. The number of anilines is 1. The zero-order valence-electron chi connectivity index (χ0n) is 18.0. The van der Waals surface area contributed by atoms with Crippen LogP contribution in [0.2, 0.25) is 10.0 Å². The van der Waals surface area contributed by atoms with Gasteiger partial charge >= 0.3 is 5.97 Å². The Balaban J connectivity index is 0.00000176. The molecule has 0 amide bonds. The molecule has 2 heterocycles. The van der Waals surface area contributed by atoms with Gasteiger partial charge in [0.25, 0.3) is 0 Å². The number of aromatic nitrogens is 2. The number of nitrogens with one attached hydrogen (secondary N) is 2. The van der Waals surface area contributed by atoms with Crippen LogP contribution in [0.15, 0.2) is 49.3 Å². The van der Waals surface area contributed by atoms with Crippen molar-refractivity contribution in [3.63, 3.8) is 0 Å². The summed E-state index contributed by atoms with van der Waals surface area (Å²) in [6, 6.07) is 3.23. The monoisotopic (exact) mass is 491 g/mol. The molecule has 2 aromatic heterocycles. The van der Waals surface area contributed by atoms with Crippen molar-refractivity contribution in [1.82, 2.24) is 9.97 Å². The van der Waals surface area contributed by atoms with E-state index in [0.717, 1.165) is 16.8 Å². The molecule has 1 aromatic carbocycles. The Morgan fingerprint density at radius 1 is 1.12 bits per heavy atom. The van der Waals surface area contributed by atoms with Crippen LogP contribution in [-0.2, 0) is 4.74 Å². The van der Waals surface area contributed by atoms with E-state index in [1.165, 1.54) is 7.11 Å². The second kappa shape index (κ2) is 10.6. The number of nitrogen functional groups attached to an aromatic ring is 1. The minimum absolute atomic E-state index is 0.285. The van der Waals surface area contributed by atoms with E-state index < -0.39 is 5.97 Å². The molecule has 3 rings (SSSR count). The van der Waals surface area contributed by atoms with Crippen molar-refractivity contribution in [2.75, 3.05) is 12.8 Å². The number of methoxy groups -OCH3 is 1. The molecule has 0 bridgehead atoms. The maximum absolute atomic E-state index is 12.5. The highest BCUT2D eigenvalue weighted by Crippen LogP contribution is 2.41. The number of aromatic amines is 2. The van der Waals surface area contributed by atoms with E-state index in [1.807, 2.05) is 19.2 Å². The minimum atomic E-state index is -0.512. The zero-order valence-corrected chi connectivity index (χ0v) is 20.3. The smallest absolute Gasteiger partial charge is 0.355 e. The van der Waals surface area contributed by atoms with Crippen LogP contribution in [0.25, 0.3) is 22.8 Å². The summed E-state index contributed by atoms with van der Waals surface area (Å²) in [5, 5.41) is 1.30. The first-order valence-electron chi connectivity index (χ1n) is 9.41. The molecule has 8 heteroatoms. The van der Waals surface area contributed by atoms with Gasteiger partial charge in [0.15, 0.2) is 0 Å². The molecule has 0 radical (unpaired) electrons. The van der Waals surface area contributed by atoms with Crippen LogP contribution in [0.3, 0.4) is 0 Å². The average molecular weight is 493 g/mol. The predicted octanol–water partition coefficient (Wildman–Crippen LogP) is 7.46. The van der Waals surface area contributed by atoms with Crippen LogP contribution >= 0.6 is 34.8 Å². The third kappa shape index (κ3) is 4.96. The number of hydrogen-bond acceptors (Lipinski definition) is 3. The fourth-order valence-corrected chi connectivity index (χ4v) is 3.75. The Morgan fingerprint density at radius 3 is 2.34 bits per heavy atom. The summed E-state index contributed by atoms with van der Waals surface area (Å²) in [7, 11) is 1.32. The molecule has 0 aliphatic heterocycles. The lowest BCUT2D eigenvalue weighted by Gasteiger charge is -2.13. The van der Waals surface area contributed by atoms with Crippen LogP contribution in [0.5, 0.6) is 0 Å². The SMILES string of the molecule is C=C.C=C(c1cc(Cl)c(Cl)cc1N)c1c[nH]c(C(=O)OC)c1-c1c[nH]c(C)c1/C=C(\C)Cl. The van der Waals surface area contributed by atoms with Gasteiger partial charge < -0.3 is 20.4 Å². The summed E-state index contributed by atoms with van der Waals surface area (Å²) >= 11 is 18.4. The van der Waals surface area contributed by atoms with Crippen LogP contribution in [-0.4, -0.2) is 23.0 Å². The molecule has 0 spiro atoms. The molecule has 32 heavy (non-hydrogen) atoms. The quantitative estimate of drug-likeness (QED) is 0.196. The van der Waals surface area contributed by atoms with E-state index in [4.69, 9.17) is 45.3 Å². The Labute approximate surface area is 202 Å². The fraction of sp³-hybridized carbons (Fsp3) is 0.125. The molecule has 0 aliphatic carbocycles. The summed E-state index contributed by atoms with van der Waals surface area (Å²) in [5.41, 5.74) is 11.9. The van der Waals surface area contributed by atoms with Crippen molar-refractivity contribution in [3.05, 3.63) is 87.4 Å². The summed E-state index contributed by atoms with van der Waals surface area (Å²) in [6.07, 6.45) is 5.33. The second-order valence-electron chi connectivity index (χ2n) is 6.75. The number of aryl methyl sites for hydroxylation is 1. The van der Waals surface area contributed by atoms with Gasteiger partial charge in [-0.3, -0.25) is 0 Å². The number of hydrogen-bond donors (Lipinski definition) is 3. The third-order valence-corrected chi connectivity index (χ3v) is 5.58. The van der Waals surface area contributed by atoms with Crippen molar-refractivity contribution < 1.29 is 9.53 Å². The summed E-state index contributed by atoms with van der Waals surface area (Å²) in [6.45, 7) is 13.9. The Kier molecular flexibility index (Phi) is 8.44. The minimum Gasteiger partial charge on any atom is -0.464 e. The number of esters is 1. The lowest BCUT2D eigenvalue weighted by molar-refractivity contribution is 0.0595. The number of halogens is 3. The third-order valence-electron chi connectivity index (χ3n) is 4.75. The van der Waals surface area contributed by atoms with Crippen molar-refractivity contribution in [2.24, 2.45) is 0 Å². The number of carbonyl (C=O) groups is 1. The molecule has 3 aromatic rings. The molecular formula is C24H24Cl3N3O2. The van der Waals surface area contributed by atoms with E-state index >= 15 is 0 Å². The number of nitrogens with two attached hydrogens (primary N) is 1. The maximum Gasteiger partial charge on any atom is 0.355 e. The lowest BCUT2D eigenvalue weighted by Crippen LogP contribution is -2.04. The fourth-order valence-electron chi connectivity index (χ4n) is 3.30. The van der Waals surface area contributed by atoms with E-state index in [9.17, 15) is 4.79 Å². The molecule has 0 saturated heterocycles. The second-order valence-corrected chi connectivity index (χ2v) is 8.16. The Morgan fingerprint density at radius 2 is 1.75 bits per heavy atom. The highest BCUT2D eigenvalue weighted by atomic mass is 35.5. The topological polar surface area (TPSA) is 83.9 Å². The van der Waals surface area contributed by atoms with Gasteiger partial charge in [0.2, 0.25) is 0 Å². The Hall–Kier alpha value is -2.86. The van der Waals surface area contributed by atoms with Crippen LogP contribution in [0, 0.1) is 6.92 Å². The maximum atomic E-state index is 12.5. The Bertz CT molecular complexity index is 1200. The highest BCUT2D eigenvalue weighted by Gasteiger charge is 2.25. The van der Waals surface area contributed by atoms with Crippen molar-refractivity contribution >= 4 is 58.1 Å². The first kappa shape index (κ1) is 25.4. The number of carbonyl (C=O) groups excluding carboxylic acids is 1. The number of H-pyrrole nitrogens is 2. The molecule has 0 saturated carbocycles. The van der Waals surface area contributed by atoms with Gasteiger partial charge in [-0.15, -0.1) is 13.2 Å². The van der Waals surface area contributed by atoms with Gasteiger partial charge in [0.05, 0.1) is 17.2 Å². The normalized spacial score (nSPS) is 11.0. The van der Waals surface area contributed by atoms with Crippen LogP contribution in [0.1, 0.15) is 39.8 Å². The van der Waals surface area contributed by atoms with Crippen LogP contribution < -0.4 is 5.73 Å². The molecule has 4 N–H and O–H groups in total. The van der Waals surface area contributed by atoms with E-state index in [1.54, 1.807) is 25.3 Å². The number of rotatable bonds is 5. The summed E-state index contributed by atoms with van der Waals surface area (Å²) < 4.78 is 4.97. The number of ether oxygens (including phenoxy) is 1. The number of allylic oxidation sites excluding steroid dienone is 1. The van der Waals surface area contributed by atoms with Gasteiger partial charge in [0, 0.05) is 56.6 Å². The van der Waals surface area contributed by atoms with Gasteiger partial charge in [0.1, 0.15) is 5.69 Å². The summed E-state index contributed by atoms with van der Waals surface area (Å²) in [4.78, 5) is 18.7. The van der Waals surface area contributed by atoms with Gasteiger partial charge in [-0.1, -0.05) is 41.4 Å². The highest BCUT2D eigenvalue weighted by molar-refractivity contribution is 6.42. The van der Waals surface area contributed by atoms with Crippen molar-refractivity contribution in [1.29, 1.82) is 0 Å². The van der Waals surface area contributed by atoms with E-state index in [2.05, 4.69) is 29.7 Å². The van der Waals surface area contributed by atoms with Crippen LogP contribution in [0.4, 0.5) is 5.69 Å². The van der Waals surface area contributed by atoms with Crippen molar-refractivity contribution in [3.8, 4) is 11.1 Å². The average Bonchev–Trinajstić information content (AvgIpc) is 3.34. The molecule has 0 unspecified atom stereocenters. The van der Waals surface area contributed by atoms with Gasteiger partial charge in [-0.05, 0) is 37.6 Å². The molecule has 168 valence electrons. The number of benzene rings is 1. The van der Waals surface area contributed by atoms with Crippen molar-refractivity contribution in [2.45, 2.75) is 13.8 Å². The standard InChI is InChI=1S/C22H20Cl3N3O2.C2H4/c1-10(23)5-14-12(3)27-9-16(14)20-15(8-28-21(20)22(29)30-4)11(2)13-6-17(24)18(25)7-19(13)26;1-2/h5-9,27-28H,2,26H2,1,3-4H3;1-2H2/b10-5+;. The molecule has 0 fully saturated rings. The zero-order chi connectivity index (χ0) is 24.2. The summed E-state index contributed by atoms with van der Waals surface area (Å²) in [5.74, 6) is -0.512. The van der Waals surface area contributed by atoms with Gasteiger partial charge in [-0.2, -0.15) is 0 Å². The first-order valence-corrected chi connectivity index (χ1v) is 10.5. The van der Waals surface area contributed by atoms with E-state index in [-0.39, 0.29) is 5.69 Å². The molecule has 5 nitrogen and oxygen atoms in total. The molecule has 0 atom stereocenters. The molecular weight excluding hydrogens is 469 g/mol. The van der Waals surface area contributed by atoms with Gasteiger partial charge in [-0.25, -0.2) is 4.79 Å². The lowest BCUT2D eigenvalue weighted by atomic mass is 9.91.